The number of hydrogen-bond acceptors (Lipinski definition) is 4. The number of rotatable bonds is 4. The van der Waals surface area contributed by atoms with Crippen LogP contribution < -0.4 is 15.4 Å². The molecule has 2 N–H and O–H groups in total. The number of aromatic nitrogens is 2. The van der Waals surface area contributed by atoms with Crippen molar-refractivity contribution in [1.29, 1.82) is 0 Å². The highest BCUT2D eigenvalue weighted by atomic mass is 35.5. The zero-order valence-corrected chi connectivity index (χ0v) is 18.6. The molecule has 2 aromatic carbocycles. The number of carbonyl (C=O) groups is 1. The summed E-state index contributed by atoms with van der Waals surface area (Å²) in [7, 11) is 1.46. The van der Waals surface area contributed by atoms with Crippen molar-refractivity contribution in [3.8, 4) is 5.75 Å². The number of nitrogens with zero attached hydrogens (tertiary/aromatic N) is 2. The molecular formula is C22H17ClF6N4O2. The molecule has 2 unspecified atom stereocenters. The van der Waals surface area contributed by atoms with Crippen LogP contribution in [0.3, 0.4) is 0 Å². The Morgan fingerprint density at radius 3 is 2.40 bits per heavy atom. The molecule has 0 saturated carbocycles. The first kappa shape index (κ1) is 24.7. The van der Waals surface area contributed by atoms with Crippen molar-refractivity contribution in [2.75, 3.05) is 17.7 Å². The topological polar surface area (TPSA) is 68.2 Å². The lowest BCUT2D eigenvalue weighted by molar-refractivity contribution is -0.173. The number of ether oxygens (including phenoxy) is 1. The lowest BCUT2D eigenvalue weighted by atomic mass is 9.97. The smallest absolute Gasteiger partial charge is 0.416 e. The van der Waals surface area contributed by atoms with Gasteiger partial charge in [0.2, 0.25) is 0 Å². The molecule has 3 aromatic rings. The fourth-order valence-corrected chi connectivity index (χ4v) is 3.89. The molecule has 13 heteroatoms. The van der Waals surface area contributed by atoms with Gasteiger partial charge < -0.3 is 15.4 Å². The summed E-state index contributed by atoms with van der Waals surface area (Å²) in [5.41, 5.74) is -1.27. The van der Waals surface area contributed by atoms with Crippen molar-refractivity contribution in [2.24, 2.45) is 0 Å². The lowest BCUT2D eigenvalue weighted by Gasteiger charge is -2.33. The van der Waals surface area contributed by atoms with Crippen molar-refractivity contribution in [3.05, 3.63) is 70.4 Å². The number of anilines is 2. The first-order chi connectivity index (χ1) is 16.4. The standard InChI is InChI=1S/C22H17ClF6N4O2/c1-35-13-5-2-11(3-6-13)15-9-18(22(27,28)29)33-19(30-15)10-17(32-33)20(34)31-16-8-12(21(24,25)26)4-7-14(16)23/h2-8,10,15,18,30H,9H2,1H3,(H,31,34). The van der Waals surface area contributed by atoms with Crippen LogP contribution in [-0.2, 0) is 6.18 Å². The van der Waals surface area contributed by atoms with Gasteiger partial charge in [0.25, 0.3) is 5.91 Å². The number of alkyl halides is 6. The van der Waals surface area contributed by atoms with E-state index >= 15 is 0 Å². The van der Waals surface area contributed by atoms with Gasteiger partial charge in [-0.1, -0.05) is 23.7 Å². The van der Waals surface area contributed by atoms with Gasteiger partial charge in [-0.3, -0.25) is 4.79 Å². The minimum absolute atomic E-state index is 0.0697. The third kappa shape index (κ3) is 5.16. The van der Waals surface area contributed by atoms with E-state index < -0.39 is 48.0 Å². The Labute approximate surface area is 199 Å². The average molecular weight is 519 g/mol. The maximum absolute atomic E-state index is 13.9. The number of fused-ring (bicyclic) bond motifs is 1. The number of methoxy groups -OCH3 is 1. The van der Waals surface area contributed by atoms with E-state index in [1.54, 1.807) is 24.3 Å². The fourth-order valence-electron chi connectivity index (χ4n) is 3.72. The highest BCUT2D eigenvalue weighted by Crippen LogP contribution is 2.44. The zero-order chi connectivity index (χ0) is 25.5. The van der Waals surface area contributed by atoms with Crippen LogP contribution in [0, 0.1) is 0 Å². The molecule has 1 aromatic heterocycles. The van der Waals surface area contributed by atoms with Crippen LogP contribution in [0.2, 0.25) is 5.02 Å². The summed E-state index contributed by atoms with van der Waals surface area (Å²) in [4.78, 5) is 12.7. The number of benzene rings is 2. The first-order valence-corrected chi connectivity index (χ1v) is 10.5. The Morgan fingerprint density at radius 2 is 1.80 bits per heavy atom. The van der Waals surface area contributed by atoms with Crippen LogP contribution in [-0.4, -0.2) is 29.0 Å². The molecule has 0 fully saturated rings. The molecular weight excluding hydrogens is 502 g/mol. The quantitative estimate of drug-likeness (QED) is 0.388. The summed E-state index contributed by atoms with van der Waals surface area (Å²) < 4.78 is 86.3. The number of halogens is 7. The molecule has 1 aliphatic rings. The molecule has 0 radical (unpaired) electrons. The van der Waals surface area contributed by atoms with Gasteiger partial charge in [-0.15, -0.1) is 0 Å². The fraction of sp³-hybridized carbons (Fsp3) is 0.273. The van der Waals surface area contributed by atoms with Crippen molar-refractivity contribution in [1.82, 2.24) is 9.78 Å². The monoisotopic (exact) mass is 518 g/mol. The van der Waals surface area contributed by atoms with E-state index in [1.165, 1.54) is 7.11 Å². The van der Waals surface area contributed by atoms with Crippen molar-refractivity contribution in [2.45, 2.75) is 30.9 Å². The third-order valence-corrected chi connectivity index (χ3v) is 5.81. The van der Waals surface area contributed by atoms with E-state index in [-0.39, 0.29) is 16.5 Å². The van der Waals surface area contributed by atoms with Crippen molar-refractivity contribution < 1.29 is 35.9 Å². The van der Waals surface area contributed by atoms with Crippen LogP contribution in [0.4, 0.5) is 37.8 Å². The molecule has 2 atom stereocenters. The summed E-state index contributed by atoms with van der Waals surface area (Å²) in [6.07, 6.45) is -9.76. The van der Waals surface area contributed by atoms with Gasteiger partial charge in [-0.2, -0.15) is 31.4 Å². The second-order valence-electron chi connectivity index (χ2n) is 7.77. The van der Waals surface area contributed by atoms with Gasteiger partial charge in [0.05, 0.1) is 29.4 Å². The first-order valence-electron chi connectivity index (χ1n) is 10.1. The SMILES string of the molecule is COc1ccc(C2CC(C(F)(F)F)n3nc(C(=O)Nc4cc(C(F)(F)F)ccc4Cl)cc3N2)cc1. The average Bonchev–Trinajstić information content (AvgIpc) is 3.23. The largest absolute Gasteiger partial charge is 0.497 e. The lowest BCUT2D eigenvalue weighted by Crippen LogP contribution is -2.35. The Balaban J connectivity index is 1.63. The van der Waals surface area contributed by atoms with Crippen LogP contribution in [0.1, 0.15) is 40.1 Å². The molecule has 1 amide bonds. The zero-order valence-electron chi connectivity index (χ0n) is 17.8. The number of carbonyl (C=O) groups excluding carboxylic acids is 1. The molecule has 186 valence electrons. The summed E-state index contributed by atoms with van der Waals surface area (Å²) in [5, 5.41) is 8.73. The maximum atomic E-state index is 13.9. The Bertz CT molecular complexity index is 1240. The predicted octanol–water partition coefficient (Wildman–Crippen LogP) is 6.48. The maximum Gasteiger partial charge on any atom is 0.416 e. The minimum Gasteiger partial charge on any atom is -0.497 e. The summed E-state index contributed by atoms with van der Waals surface area (Å²) in [6, 6.07) is 7.13. The normalized spacial score (nSPS) is 17.9. The molecule has 1 aliphatic heterocycles. The van der Waals surface area contributed by atoms with E-state index in [9.17, 15) is 31.1 Å². The van der Waals surface area contributed by atoms with E-state index in [2.05, 4.69) is 15.7 Å². The van der Waals surface area contributed by atoms with Gasteiger partial charge in [0, 0.05) is 12.5 Å². The van der Waals surface area contributed by atoms with Crippen LogP contribution >= 0.6 is 11.6 Å². The second-order valence-corrected chi connectivity index (χ2v) is 8.18. The number of hydrogen-bond donors (Lipinski definition) is 2. The Kier molecular flexibility index (Phi) is 6.34. The molecule has 0 aliphatic carbocycles. The Morgan fingerprint density at radius 1 is 1.11 bits per heavy atom. The summed E-state index contributed by atoms with van der Waals surface area (Å²) in [6.45, 7) is 0. The van der Waals surface area contributed by atoms with Gasteiger partial charge >= 0.3 is 12.4 Å². The Hall–Kier alpha value is -3.41. The predicted molar refractivity (Wildman–Crippen MR) is 116 cm³/mol. The van der Waals surface area contributed by atoms with Crippen LogP contribution in [0.5, 0.6) is 5.75 Å². The molecule has 0 bridgehead atoms. The van der Waals surface area contributed by atoms with E-state index in [0.29, 0.717) is 22.1 Å². The van der Waals surface area contributed by atoms with Crippen molar-refractivity contribution >= 4 is 29.0 Å². The number of nitrogens with one attached hydrogen (secondary N) is 2. The van der Waals surface area contributed by atoms with Gasteiger partial charge in [-0.05, 0) is 35.9 Å². The summed E-state index contributed by atoms with van der Waals surface area (Å²) in [5.74, 6) is -0.550. The highest BCUT2D eigenvalue weighted by Gasteiger charge is 2.47. The van der Waals surface area contributed by atoms with E-state index in [0.717, 1.165) is 18.2 Å². The highest BCUT2D eigenvalue weighted by molar-refractivity contribution is 6.33. The van der Waals surface area contributed by atoms with Gasteiger partial charge in [0.1, 0.15) is 11.6 Å². The van der Waals surface area contributed by atoms with Crippen LogP contribution in [0.15, 0.2) is 48.5 Å². The molecule has 0 saturated heterocycles. The molecule has 2 heterocycles. The number of amides is 1. The van der Waals surface area contributed by atoms with E-state index in [4.69, 9.17) is 16.3 Å². The van der Waals surface area contributed by atoms with Gasteiger partial charge in [-0.25, -0.2) is 4.68 Å². The molecule has 6 nitrogen and oxygen atoms in total. The second kappa shape index (κ2) is 8.99. The van der Waals surface area contributed by atoms with Crippen molar-refractivity contribution in [3.63, 3.8) is 0 Å². The third-order valence-electron chi connectivity index (χ3n) is 5.48. The molecule has 4 rings (SSSR count). The molecule has 35 heavy (non-hydrogen) atoms. The van der Waals surface area contributed by atoms with Crippen LogP contribution in [0.25, 0.3) is 0 Å². The minimum atomic E-state index is -4.68. The van der Waals surface area contributed by atoms with Gasteiger partial charge in [0.15, 0.2) is 11.7 Å². The van der Waals surface area contributed by atoms with E-state index in [1.807, 2.05) is 0 Å². The molecule has 0 spiro atoms. The summed E-state index contributed by atoms with van der Waals surface area (Å²) >= 11 is 5.89.